The fraction of sp³-hybridized carbons (Fsp3) is 0.0435. The van der Waals surface area contributed by atoms with E-state index in [0.717, 1.165) is 0 Å². The summed E-state index contributed by atoms with van der Waals surface area (Å²) in [5, 5.41) is 5.97. The predicted octanol–water partition coefficient (Wildman–Crippen LogP) is 5.62. The number of benzene rings is 2. The Morgan fingerprint density at radius 3 is 2.39 bits per heavy atom. The molecule has 1 amide bonds. The van der Waals surface area contributed by atoms with Crippen molar-refractivity contribution in [2.24, 2.45) is 0 Å². The summed E-state index contributed by atoms with van der Waals surface area (Å²) >= 11 is 0. The van der Waals surface area contributed by atoms with E-state index >= 15 is 0 Å². The maximum Gasteiger partial charge on any atom is 0.409 e. The number of rotatable bonds is 6. The van der Waals surface area contributed by atoms with Crippen LogP contribution in [0.1, 0.15) is 0 Å². The van der Waals surface area contributed by atoms with E-state index in [1.807, 2.05) is 30.3 Å². The third-order valence-electron chi connectivity index (χ3n) is 4.29. The SMILES string of the molecule is O=C(C=CC(F)(F)F)Nc1cc2c(Nc3ccc(Oc4ccccc4)cc3)ncnc2cn1. The molecule has 0 bridgehead atoms. The molecular formula is C23H16F3N5O2. The second-order valence-electron chi connectivity index (χ2n) is 6.74. The zero-order valence-electron chi connectivity index (χ0n) is 16.9. The smallest absolute Gasteiger partial charge is 0.409 e. The van der Waals surface area contributed by atoms with E-state index in [1.165, 1.54) is 18.6 Å². The molecule has 10 heteroatoms. The summed E-state index contributed by atoms with van der Waals surface area (Å²) in [5.41, 5.74) is 1.20. The highest BCUT2D eigenvalue weighted by molar-refractivity contribution is 6.00. The first-order valence-electron chi connectivity index (χ1n) is 9.63. The molecule has 0 radical (unpaired) electrons. The highest BCUT2D eigenvalue weighted by Crippen LogP contribution is 2.27. The van der Waals surface area contributed by atoms with E-state index < -0.39 is 12.1 Å². The van der Waals surface area contributed by atoms with Crippen molar-refractivity contribution in [3.8, 4) is 11.5 Å². The summed E-state index contributed by atoms with van der Waals surface area (Å²) in [5.74, 6) is 0.899. The minimum absolute atomic E-state index is 0.0591. The number of halogens is 3. The lowest BCUT2D eigenvalue weighted by atomic mass is 10.2. The van der Waals surface area contributed by atoms with Gasteiger partial charge in [-0.2, -0.15) is 13.2 Å². The van der Waals surface area contributed by atoms with Gasteiger partial charge < -0.3 is 15.4 Å². The minimum atomic E-state index is -4.58. The van der Waals surface area contributed by atoms with Gasteiger partial charge in [-0.1, -0.05) is 18.2 Å². The number of pyridine rings is 1. The van der Waals surface area contributed by atoms with Crippen LogP contribution < -0.4 is 15.4 Å². The summed E-state index contributed by atoms with van der Waals surface area (Å²) in [6, 6.07) is 18.0. The first kappa shape index (κ1) is 21.8. The summed E-state index contributed by atoms with van der Waals surface area (Å²) in [7, 11) is 0. The van der Waals surface area contributed by atoms with E-state index in [9.17, 15) is 18.0 Å². The van der Waals surface area contributed by atoms with Crippen molar-refractivity contribution in [1.29, 1.82) is 0 Å². The van der Waals surface area contributed by atoms with Crippen molar-refractivity contribution in [3.63, 3.8) is 0 Å². The number of nitrogens with zero attached hydrogens (tertiary/aromatic N) is 3. The molecule has 0 saturated heterocycles. The molecule has 2 heterocycles. The van der Waals surface area contributed by atoms with Crippen LogP contribution in [-0.2, 0) is 4.79 Å². The normalized spacial score (nSPS) is 11.5. The number of anilines is 3. The van der Waals surface area contributed by atoms with Crippen molar-refractivity contribution >= 4 is 34.1 Å². The second-order valence-corrected chi connectivity index (χ2v) is 6.74. The number of nitrogens with one attached hydrogen (secondary N) is 2. The average molecular weight is 451 g/mol. The summed E-state index contributed by atoms with van der Waals surface area (Å²) < 4.78 is 42.5. The zero-order valence-corrected chi connectivity index (χ0v) is 16.9. The molecule has 4 rings (SSSR count). The number of alkyl halides is 3. The van der Waals surface area contributed by atoms with E-state index in [-0.39, 0.29) is 11.9 Å². The maximum absolute atomic E-state index is 12.2. The van der Waals surface area contributed by atoms with Crippen molar-refractivity contribution in [2.75, 3.05) is 10.6 Å². The Kier molecular flexibility index (Phi) is 6.16. The largest absolute Gasteiger partial charge is 0.457 e. The zero-order chi connectivity index (χ0) is 23.3. The van der Waals surface area contributed by atoms with Crippen molar-refractivity contribution in [3.05, 3.63) is 85.3 Å². The van der Waals surface area contributed by atoms with Crippen molar-refractivity contribution < 1.29 is 22.7 Å². The molecule has 0 atom stereocenters. The minimum Gasteiger partial charge on any atom is -0.457 e. The topological polar surface area (TPSA) is 89.0 Å². The lowest BCUT2D eigenvalue weighted by Gasteiger charge is -2.11. The molecule has 0 spiro atoms. The van der Waals surface area contributed by atoms with Gasteiger partial charge >= 0.3 is 6.18 Å². The van der Waals surface area contributed by atoms with E-state index in [1.54, 1.807) is 24.3 Å². The van der Waals surface area contributed by atoms with Crippen LogP contribution in [0.4, 0.5) is 30.5 Å². The van der Waals surface area contributed by atoms with Gasteiger partial charge in [-0.05, 0) is 42.5 Å². The van der Waals surface area contributed by atoms with Gasteiger partial charge in [0.05, 0.1) is 11.7 Å². The van der Waals surface area contributed by atoms with Gasteiger partial charge in [-0.3, -0.25) is 4.79 Å². The standard InChI is InChI=1S/C23H16F3N5O2/c24-23(25,26)11-10-21(32)31-20-12-18-19(13-27-20)28-14-29-22(18)30-15-6-8-17(9-7-15)33-16-4-2-1-3-5-16/h1-14H,(H,27,31,32)(H,28,29,30). The van der Waals surface area contributed by atoms with Gasteiger partial charge in [0.25, 0.3) is 0 Å². The molecule has 166 valence electrons. The van der Waals surface area contributed by atoms with Crippen LogP contribution in [0.5, 0.6) is 11.5 Å². The third-order valence-corrected chi connectivity index (χ3v) is 4.29. The molecule has 2 aromatic carbocycles. The monoisotopic (exact) mass is 451 g/mol. The summed E-state index contributed by atoms with van der Waals surface area (Å²) in [6.45, 7) is 0. The molecule has 2 aromatic heterocycles. The molecule has 0 saturated carbocycles. The van der Waals surface area contributed by atoms with Crippen LogP contribution in [-0.4, -0.2) is 27.0 Å². The highest BCUT2D eigenvalue weighted by atomic mass is 19.4. The molecular weight excluding hydrogens is 435 g/mol. The number of para-hydroxylation sites is 1. The lowest BCUT2D eigenvalue weighted by Crippen LogP contribution is -2.11. The number of carbonyl (C=O) groups excluding carboxylic acids is 1. The first-order chi connectivity index (χ1) is 15.9. The van der Waals surface area contributed by atoms with Crippen LogP contribution >= 0.6 is 0 Å². The highest BCUT2D eigenvalue weighted by Gasteiger charge is 2.22. The maximum atomic E-state index is 12.2. The van der Waals surface area contributed by atoms with Gasteiger partial charge in [0.2, 0.25) is 5.91 Å². The van der Waals surface area contributed by atoms with Gasteiger partial charge in [0.1, 0.15) is 29.5 Å². The Bertz CT molecular complexity index is 1290. The third kappa shape index (κ3) is 6.03. The van der Waals surface area contributed by atoms with E-state index in [0.29, 0.717) is 40.0 Å². The van der Waals surface area contributed by atoms with E-state index in [2.05, 4.69) is 25.6 Å². The number of amides is 1. The number of fused-ring (bicyclic) bond motifs is 1. The second kappa shape index (κ2) is 9.35. The molecule has 0 aliphatic carbocycles. The number of allylic oxidation sites excluding steroid dienone is 1. The van der Waals surface area contributed by atoms with Crippen molar-refractivity contribution in [1.82, 2.24) is 15.0 Å². The Balaban J connectivity index is 1.51. The summed E-state index contributed by atoms with van der Waals surface area (Å²) in [6.07, 6.45) is -1.59. The molecule has 4 aromatic rings. The van der Waals surface area contributed by atoms with Gasteiger partial charge in [-0.25, -0.2) is 15.0 Å². The molecule has 0 aliphatic rings. The Hall–Kier alpha value is -4.47. The quantitative estimate of drug-likeness (QED) is 0.370. The Morgan fingerprint density at radius 1 is 0.939 bits per heavy atom. The van der Waals surface area contributed by atoms with Crippen LogP contribution in [0.3, 0.4) is 0 Å². The summed E-state index contributed by atoms with van der Waals surface area (Å²) in [4.78, 5) is 24.1. The van der Waals surface area contributed by atoms with Gasteiger partial charge in [0.15, 0.2) is 0 Å². The fourth-order valence-electron chi connectivity index (χ4n) is 2.83. The molecule has 0 unspecified atom stereocenters. The van der Waals surface area contributed by atoms with Crippen LogP contribution in [0.2, 0.25) is 0 Å². The number of aromatic nitrogens is 3. The van der Waals surface area contributed by atoms with Gasteiger partial charge in [-0.15, -0.1) is 0 Å². The van der Waals surface area contributed by atoms with Crippen LogP contribution in [0.25, 0.3) is 10.9 Å². The molecule has 7 nitrogen and oxygen atoms in total. The number of hydrogen-bond acceptors (Lipinski definition) is 6. The molecule has 33 heavy (non-hydrogen) atoms. The van der Waals surface area contributed by atoms with E-state index in [4.69, 9.17) is 4.74 Å². The number of hydrogen-bond donors (Lipinski definition) is 2. The average Bonchev–Trinajstić information content (AvgIpc) is 2.80. The molecule has 0 aliphatic heterocycles. The first-order valence-corrected chi connectivity index (χ1v) is 9.63. The number of ether oxygens (including phenoxy) is 1. The lowest BCUT2D eigenvalue weighted by molar-refractivity contribution is -0.112. The van der Waals surface area contributed by atoms with Crippen molar-refractivity contribution in [2.45, 2.75) is 6.18 Å². The van der Waals surface area contributed by atoms with Crippen LogP contribution in [0, 0.1) is 0 Å². The number of carbonyl (C=O) groups is 1. The fourth-order valence-corrected chi connectivity index (χ4v) is 2.83. The Labute approximate surface area is 186 Å². The van der Waals surface area contributed by atoms with Crippen LogP contribution in [0.15, 0.2) is 85.3 Å². The van der Waals surface area contributed by atoms with Gasteiger partial charge in [0, 0.05) is 23.2 Å². The predicted molar refractivity (Wildman–Crippen MR) is 117 cm³/mol. The molecule has 2 N–H and O–H groups in total. The molecule has 0 fully saturated rings. The Morgan fingerprint density at radius 2 is 1.67 bits per heavy atom.